The van der Waals surface area contributed by atoms with Crippen molar-refractivity contribution in [3.8, 4) is 17.2 Å². The first-order chi connectivity index (χ1) is 15.8. The highest BCUT2D eigenvalue weighted by molar-refractivity contribution is 6.46. The number of hydrogen-bond acceptors (Lipinski definition) is 7. The molecule has 0 aromatic heterocycles. The zero-order valence-electron chi connectivity index (χ0n) is 18.6. The highest BCUT2D eigenvalue weighted by atomic mass is 35.5. The number of nitrogens with zero attached hydrogens (tertiary/aromatic N) is 1. The van der Waals surface area contributed by atoms with Gasteiger partial charge in [0.15, 0.2) is 11.5 Å². The number of carbonyl (C=O) groups excluding carboxylic acids is 2. The minimum absolute atomic E-state index is 0.0755. The Labute approximate surface area is 196 Å². The Bertz CT molecular complexity index is 1080. The molecule has 33 heavy (non-hydrogen) atoms. The fourth-order valence-electron chi connectivity index (χ4n) is 3.69. The van der Waals surface area contributed by atoms with Gasteiger partial charge in [0.25, 0.3) is 11.7 Å². The molecule has 0 radical (unpaired) electrons. The van der Waals surface area contributed by atoms with Crippen LogP contribution in [0.4, 0.5) is 0 Å². The standard InChI is InChI=1S/C24H26ClNO7/c1-4-32-18-13-15(6-8-16(18)25)22(28)20-21(26(10-11-31-3)24(30)23(20)29)14-7-9-17(27)19(12-14)33-5-2/h6-9,12-13,21,27-28H,4-5,10-11H2,1-3H3/b22-20-. The number of aliphatic hydroxyl groups excluding tert-OH is 1. The van der Waals surface area contributed by atoms with Gasteiger partial charge in [-0.15, -0.1) is 0 Å². The molecule has 2 N–H and O–H groups in total. The second kappa shape index (κ2) is 10.6. The van der Waals surface area contributed by atoms with Gasteiger partial charge >= 0.3 is 0 Å². The van der Waals surface area contributed by atoms with Crippen LogP contribution in [-0.4, -0.2) is 60.3 Å². The van der Waals surface area contributed by atoms with E-state index >= 15 is 0 Å². The summed E-state index contributed by atoms with van der Waals surface area (Å²) in [7, 11) is 1.49. The number of ether oxygens (including phenoxy) is 3. The molecule has 2 aromatic rings. The molecule has 1 unspecified atom stereocenters. The Morgan fingerprint density at radius 3 is 2.42 bits per heavy atom. The van der Waals surface area contributed by atoms with E-state index in [0.29, 0.717) is 29.5 Å². The molecular formula is C24H26ClNO7. The minimum atomic E-state index is -0.911. The maximum Gasteiger partial charge on any atom is 0.295 e. The number of halogens is 1. The summed E-state index contributed by atoms with van der Waals surface area (Å²) in [6, 6.07) is 8.25. The molecule has 1 heterocycles. The van der Waals surface area contributed by atoms with E-state index in [2.05, 4.69) is 0 Å². The largest absolute Gasteiger partial charge is 0.507 e. The van der Waals surface area contributed by atoms with E-state index < -0.39 is 17.7 Å². The van der Waals surface area contributed by atoms with Gasteiger partial charge in [0.2, 0.25) is 0 Å². The highest BCUT2D eigenvalue weighted by Crippen LogP contribution is 2.42. The zero-order valence-corrected chi connectivity index (χ0v) is 19.4. The van der Waals surface area contributed by atoms with E-state index in [9.17, 15) is 19.8 Å². The summed E-state index contributed by atoms with van der Waals surface area (Å²) in [5.41, 5.74) is 0.683. The van der Waals surface area contributed by atoms with Crippen molar-refractivity contribution in [2.24, 2.45) is 0 Å². The number of ketones is 1. The predicted molar refractivity (Wildman–Crippen MR) is 123 cm³/mol. The number of carbonyl (C=O) groups is 2. The fraction of sp³-hybridized carbons (Fsp3) is 0.333. The maximum absolute atomic E-state index is 13.0. The predicted octanol–water partition coefficient (Wildman–Crippen LogP) is 3.91. The van der Waals surface area contributed by atoms with Crippen LogP contribution in [0.1, 0.15) is 31.0 Å². The van der Waals surface area contributed by atoms with Gasteiger partial charge in [-0.05, 0) is 49.7 Å². The van der Waals surface area contributed by atoms with Crippen molar-refractivity contribution in [1.29, 1.82) is 0 Å². The van der Waals surface area contributed by atoms with Crippen molar-refractivity contribution in [3.63, 3.8) is 0 Å². The lowest BCUT2D eigenvalue weighted by Gasteiger charge is -2.25. The molecule has 8 nitrogen and oxygen atoms in total. The lowest BCUT2D eigenvalue weighted by molar-refractivity contribution is -0.140. The zero-order chi connectivity index (χ0) is 24.1. The number of Topliss-reactive ketones (excluding diaryl/α,β-unsaturated/α-hetero) is 1. The molecule has 176 valence electrons. The van der Waals surface area contributed by atoms with Gasteiger partial charge in [0, 0.05) is 19.2 Å². The number of methoxy groups -OCH3 is 1. The average Bonchev–Trinajstić information content (AvgIpc) is 3.05. The molecule has 9 heteroatoms. The van der Waals surface area contributed by atoms with Gasteiger partial charge in [-0.25, -0.2) is 0 Å². The molecule has 0 spiro atoms. The second-order valence-electron chi connectivity index (χ2n) is 7.22. The van der Waals surface area contributed by atoms with Crippen LogP contribution in [0.2, 0.25) is 5.02 Å². The van der Waals surface area contributed by atoms with Crippen LogP contribution in [-0.2, 0) is 14.3 Å². The molecule has 1 atom stereocenters. The summed E-state index contributed by atoms with van der Waals surface area (Å²) in [5, 5.41) is 21.6. The summed E-state index contributed by atoms with van der Waals surface area (Å²) < 4.78 is 16.1. The normalized spacial score (nSPS) is 17.5. The number of likely N-dealkylation sites (tertiary alicyclic amines) is 1. The van der Waals surface area contributed by atoms with Gasteiger partial charge in [-0.1, -0.05) is 17.7 Å². The minimum Gasteiger partial charge on any atom is -0.507 e. The van der Waals surface area contributed by atoms with Crippen molar-refractivity contribution in [2.45, 2.75) is 19.9 Å². The Hall–Kier alpha value is -3.23. The quantitative estimate of drug-likeness (QED) is 0.322. The van der Waals surface area contributed by atoms with Gasteiger partial charge in [-0.3, -0.25) is 9.59 Å². The van der Waals surface area contributed by atoms with E-state index in [0.717, 1.165) is 0 Å². The van der Waals surface area contributed by atoms with Gasteiger partial charge in [0.1, 0.15) is 11.5 Å². The molecule has 0 aliphatic carbocycles. The first kappa shape index (κ1) is 24.4. The van der Waals surface area contributed by atoms with Gasteiger partial charge in [0.05, 0.1) is 36.5 Å². The molecule has 0 saturated carbocycles. The molecule has 1 saturated heterocycles. The number of phenols is 1. The van der Waals surface area contributed by atoms with Crippen LogP contribution in [0.5, 0.6) is 17.2 Å². The van der Waals surface area contributed by atoms with Crippen LogP contribution in [0.15, 0.2) is 42.0 Å². The third-order valence-corrected chi connectivity index (χ3v) is 5.49. The molecule has 1 fully saturated rings. The smallest absolute Gasteiger partial charge is 0.295 e. The number of rotatable bonds is 9. The number of phenolic OH excluding ortho intramolecular Hbond substituents is 1. The lowest BCUT2D eigenvalue weighted by Crippen LogP contribution is -2.32. The number of amides is 1. The Morgan fingerprint density at radius 2 is 1.76 bits per heavy atom. The lowest BCUT2D eigenvalue weighted by atomic mass is 9.95. The SMILES string of the molecule is CCOc1cc(C2/C(=C(/O)c3ccc(Cl)c(OCC)c3)C(=O)C(=O)N2CCOC)ccc1O. The topological polar surface area (TPSA) is 106 Å². The van der Waals surface area contributed by atoms with E-state index in [1.807, 2.05) is 0 Å². The Kier molecular flexibility index (Phi) is 7.84. The Balaban J connectivity index is 2.19. The van der Waals surface area contributed by atoms with Gasteiger partial charge in [-0.2, -0.15) is 0 Å². The number of benzene rings is 2. The van der Waals surface area contributed by atoms with Gasteiger partial charge < -0.3 is 29.3 Å². The van der Waals surface area contributed by atoms with E-state index in [4.69, 9.17) is 25.8 Å². The molecule has 1 aliphatic heterocycles. The van der Waals surface area contributed by atoms with Crippen LogP contribution < -0.4 is 9.47 Å². The number of aromatic hydroxyl groups is 1. The molecule has 3 rings (SSSR count). The first-order valence-corrected chi connectivity index (χ1v) is 10.9. The highest BCUT2D eigenvalue weighted by Gasteiger charge is 2.46. The van der Waals surface area contributed by atoms with E-state index in [1.165, 1.54) is 24.1 Å². The monoisotopic (exact) mass is 475 g/mol. The third kappa shape index (κ3) is 4.91. The number of hydrogen-bond donors (Lipinski definition) is 2. The summed E-state index contributed by atoms with van der Waals surface area (Å²) in [5.74, 6) is -1.47. The van der Waals surface area contributed by atoms with E-state index in [1.54, 1.807) is 38.1 Å². The molecule has 0 bridgehead atoms. The Morgan fingerprint density at radius 1 is 1.06 bits per heavy atom. The fourth-order valence-corrected chi connectivity index (χ4v) is 3.86. The van der Waals surface area contributed by atoms with Crippen LogP contribution in [0.3, 0.4) is 0 Å². The first-order valence-electron chi connectivity index (χ1n) is 10.5. The summed E-state index contributed by atoms with van der Waals surface area (Å²) >= 11 is 6.15. The maximum atomic E-state index is 13.0. The van der Waals surface area contributed by atoms with Crippen molar-refractivity contribution in [1.82, 2.24) is 4.90 Å². The van der Waals surface area contributed by atoms with Crippen molar-refractivity contribution in [2.75, 3.05) is 33.5 Å². The van der Waals surface area contributed by atoms with Crippen LogP contribution in [0.25, 0.3) is 5.76 Å². The summed E-state index contributed by atoms with van der Waals surface area (Å²) in [6.07, 6.45) is 0. The number of aliphatic hydroxyl groups is 1. The molecule has 2 aromatic carbocycles. The van der Waals surface area contributed by atoms with Crippen molar-refractivity contribution < 1.29 is 34.0 Å². The van der Waals surface area contributed by atoms with Crippen molar-refractivity contribution >= 4 is 29.1 Å². The summed E-state index contributed by atoms with van der Waals surface area (Å²) in [6.45, 7) is 4.55. The second-order valence-corrected chi connectivity index (χ2v) is 7.63. The molecular weight excluding hydrogens is 450 g/mol. The molecule has 1 aliphatic rings. The van der Waals surface area contributed by atoms with Crippen molar-refractivity contribution in [3.05, 3.63) is 58.1 Å². The van der Waals surface area contributed by atoms with Crippen LogP contribution in [0, 0.1) is 0 Å². The van der Waals surface area contributed by atoms with E-state index in [-0.39, 0.29) is 41.5 Å². The van der Waals surface area contributed by atoms with Crippen LogP contribution >= 0.6 is 11.6 Å². The average molecular weight is 476 g/mol. The summed E-state index contributed by atoms with van der Waals surface area (Å²) in [4.78, 5) is 27.3. The molecule has 1 amide bonds. The third-order valence-electron chi connectivity index (χ3n) is 5.18.